The lowest BCUT2D eigenvalue weighted by Crippen LogP contribution is -2.58. The molecule has 0 radical (unpaired) electrons. The number of piperazine rings is 1. The molecular weight excluding hydrogens is 414 g/mol. The maximum Gasteiger partial charge on any atom is 0.408 e. The normalized spacial score (nSPS) is 18.7. The Labute approximate surface area is 188 Å². The van der Waals surface area contributed by atoms with Crippen molar-refractivity contribution in [3.63, 3.8) is 0 Å². The van der Waals surface area contributed by atoms with E-state index >= 15 is 0 Å². The van der Waals surface area contributed by atoms with E-state index < -0.39 is 17.7 Å². The van der Waals surface area contributed by atoms with Crippen LogP contribution in [0, 0.1) is 5.92 Å². The predicted octanol–water partition coefficient (Wildman–Crippen LogP) is 2.00. The van der Waals surface area contributed by atoms with Crippen molar-refractivity contribution >= 4 is 17.9 Å². The highest BCUT2D eigenvalue weighted by atomic mass is 16.6. The SMILES string of the molecule is CC(C)(C)OC(=O)N[C@H](C(=O)N1CCN(C(=O)c2cccc(O)c2)CC1)C1CCOCC1. The molecule has 2 heterocycles. The molecule has 2 fully saturated rings. The van der Waals surface area contributed by atoms with E-state index in [1.54, 1.807) is 42.7 Å². The molecule has 0 unspecified atom stereocenters. The average molecular weight is 448 g/mol. The van der Waals surface area contributed by atoms with Crippen LogP contribution in [0.1, 0.15) is 44.0 Å². The fourth-order valence-corrected chi connectivity index (χ4v) is 4.01. The summed E-state index contributed by atoms with van der Waals surface area (Å²) in [5.41, 5.74) is -0.248. The zero-order valence-electron chi connectivity index (χ0n) is 19.0. The first-order chi connectivity index (χ1) is 15.1. The summed E-state index contributed by atoms with van der Waals surface area (Å²) < 4.78 is 10.8. The van der Waals surface area contributed by atoms with E-state index in [1.807, 2.05) is 0 Å². The quantitative estimate of drug-likeness (QED) is 0.731. The van der Waals surface area contributed by atoms with Gasteiger partial charge in [0.25, 0.3) is 5.91 Å². The van der Waals surface area contributed by atoms with E-state index in [0.29, 0.717) is 57.8 Å². The Balaban J connectivity index is 1.63. The van der Waals surface area contributed by atoms with Gasteiger partial charge >= 0.3 is 6.09 Å². The van der Waals surface area contributed by atoms with E-state index in [1.165, 1.54) is 12.1 Å². The Kier molecular flexibility index (Phi) is 7.60. The van der Waals surface area contributed by atoms with Crippen LogP contribution >= 0.6 is 0 Å². The number of hydrogen-bond donors (Lipinski definition) is 2. The van der Waals surface area contributed by atoms with Gasteiger partial charge in [-0.15, -0.1) is 0 Å². The van der Waals surface area contributed by atoms with Crippen LogP contribution in [-0.2, 0) is 14.3 Å². The molecule has 9 nitrogen and oxygen atoms in total. The summed E-state index contributed by atoms with van der Waals surface area (Å²) in [6.45, 7) is 7.95. The van der Waals surface area contributed by atoms with Crippen molar-refractivity contribution in [3.05, 3.63) is 29.8 Å². The zero-order valence-corrected chi connectivity index (χ0v) is 19.0. The van der Waals surface area contributed by atoms with Crippen LogP contribution in [0.15, 0.2) is 24.3 Å². The van der Waals surface area contributed by atoms with Crippen molar-refractivity contribution in [1.82, 2.24) is 15.1 Å². The van der Waals surface area contributed by atoms with Crippen molar-refractivity contribution in [2.24, 2.45) is 5.92 Å². The van der Waals surface area contributed by atoms with Crippen LogP contribution < -0.4 is 5.32 Å². The number of alkyl carbamates (subject to hydrolysis) is 1. The van der Waals surface area contributed by atoms with E-state index in [9.17, 15) is 19.5 Å². The number of amides is 3. The Hall–Kier alpha value is -2.81. The second-order valence-electron chi connectivity index (χ2n) is 9.24. The van der Waals surface area contributed by atoms with Gasteiger partial charge in [0.05, 0.1) is 0 Å². The van der Waals surface area contributed by atoms with Gasteiger partial charge in [0.1, 0.15) is 17.4 Å². The van der Waals surface area contributed by atoms with Crippen LogP contribution in [0.5, 0.6) is 5.75 Å². The number of phenols is 1. The molecule has 32 heavy (non-hydrogen) atoms. The molecule has 0 bridgehead atoms. The molecule has 1 atom stereocenters. The van der Waals surface area contributed by atoms with Gasteiger partial charge < -0.3 is 29.7 Å². The van der Waals surface area contributed by atoms with Crippen LogP contribution in [0.25, 0.3) is 0 Å². The number of benzene rings is 1. The lowest BCUT2D eigenvalue weighted by atomic mass is 9.90. The summed E-state index contributed by atoms with van der Waals surface area (Å²) in [5.74, 6) is -0.332. The molecule has 0 aromatic heterocycles. The Morgan fingerprint density at radius 1 is 1.09 bits per heavy atom. The first kappa shape index (κ1) is 23.8. The van der Waals surface area contributed by atoms with Crippen molar-refractivity contribution in [1.29, 1.82) is 0 Å². The number of nitrogens with zero attached hydrogens (tertiary/aromatic N) is 2. The van der Waals surface area contributed by atoms with Gasteiger partial charge in [-0.3, -0.25) is 9.59 Å². The monoisotopic (exact) mass is 447 g/mol. The topological polar surface area (TPSA) is 108 Å². The van der Waals surface area contributed by atoms with Crippen molar-refractivity contribution < 1.29 is 29.0 Å². The molecule has 3 rings (SSSR count). The number of ether oxygens (including phenoxy) is 2. The summed E-state index contributed by atoms with van der Waals surface area (Å²) in [7, 11) is 0. The molecular formula is C23H33N3O6. The molecule has 0 saturated carbocycles. The molecule has 2 aliphatic heterocycles. The molecule has 2 saturated heterocycles. The molecule has 176 valence electrons. The van der Waals surface area contributed by atoms with E-state index in [2.05, 4.69) is 5.32 Å². The van der Waals surface area contributed by atoms with Gasteiger partial charge in [-0.2, -0.15) is 0 Å². The predicted molar refractivity (Wildman–Crippen MR) is 117 cm³/mol. The lowest BCUT2D eigenvalue weighted by molar-refractivity contribution is -0.137. The molecule has 9 heteroatoms. The first-order valence-electron chi connectivity index (χ1n) is 11.1. The van der Waals surface area contributed by atoms with Gasteiger partial charge in [0.15, 0.2) is 0 Å². The minimum atomic E-state index is -0.693. The van der Waals surface area contributed by atoms with Gasteiger partial charge in [-0.05, 0) is 57.7 Å². The number of nitrogens with one attached hydrogen (secondary N) is 1. The van der Waals surface area contributed by atoms with Crippen LogP contribution in [-0.4, -0.2) is 83.8 Å². The Morgan fingerprint density at radius 3 is 2.31 bits per heavy atom. The second-order valence-corrected chi connectivity index (χ2v) is 9.24. The summed E-state index contributed by atoms with van der Waals surface area (Å²) in [4.78, 5) is 41.9. The largest absolute Gasteiger partial charge is 0.508 e. The number of hydrogen-bond acceptors (Lipinski definition) is 6. The second kappa shape index (κ2) is 10.2. The number of carbonyl (C=O) groups excluding carboxylic acids is 3. The molecule has 1 aromatic rings. The van der Waals surface area contributed by atoms with Gasteiger partial charge in [-0.1, -0.05) is 6.07 Å². The molecule has 2 N–H and O–H groups in total. The molecule has 2 aliphatic rings. The minimum Gasteiger partial charge on any atom is -0.508 e. The highest BCUT2D eigenvalue weighted by molar-refractivity contribution is 5.95. The first-order valence-corrected chi connectivity index (χ1v) is 11.1. The fraction of sp³-hybridized carbons (Fsp3) is 0.609. The zero-order chi connectivity index (χ0) is 23.3. The number of aromatic hydroxyl groups is 1. The summed E-state index contributed by atoms with van der Waals surface area (Å²) >= 11 is 0. The Bertz CT molecular complexity index is 823. The summed E-state index contributed by atoms with van der Waals surface area (Å²) in [6, 6.07) is 5.55. The van der Waals surface area contributed by atoms with E-state index in [4.69, 9.17) is 9.47 Å². The fourth-order valence-electron chi connectivity index (χ4n) is 4.01. The third kappa shape index (κ3) is 6.35. The summed E-state index contributed by atoms with van der Waals surface area (Å²) in [5, 5.41) is 12.4. The molecule has 3 amide bonds. The molecule has 1 aromatic carbocycles. The maximum absolute atomic E-state index is 13.4. The molecule has 0 spiro atoms. The van der Waals surface area contributed by atoms with Crippen molar-refractivity contribution in [3.8, 4) is 5.75 Å². The number of rotatable bonds is 4. The number of carbonyl (C=O) groups is 3. The third-order valence-corrected chi connectivity index (χ3v) is 5.65. The highest BCUT2D eigenvalue weighted by Crippen LogP contribution is 2.22. The van der Waals surface area contributed by atoms with E-state index in [0.717, 1.165) is 0 Å². The minimum absolute atomic E-state index is 0.0317. The smallest absolute Gasteiger partial charge is 0.408 e. The van der Waals surface area contributed by atoms with Crippen LogP contribution in [0.2, 0.25) is 0 Å². The number of phenolic OH excluding ortho intramolecular Hbond substituents is 1. The summed E-state index contributed by atoms with van der Waals surface area (Å²) in [6.07, 6.45) is 0.754. The van der Waals surface area contributed by atoms with Crippen molar-refractivity contribution in [2.45, 2.75) is 45.3 Å². The lowest BCUT2D eigenvalue weighted by Gasteiger charge is -2.39. The highest BCUT2D eigenvalue weighted by Gasteiger charge is 2.36. The standard InChI is InChI=1S/C23H33N3O6/c1-23(2,3)32-22(30)24-19(16-7-13-31-14-8-16)21(29)26-11-9-25(10-12-26)20(28)17-5-4-6-18(27)15-17/h4-6,15-16,19,27H,7-14H2,1-3H3,(H,24,30)/t19-/m0/s1. The van der Waals surface area contributed by atoms with Crippen LogP contribution in [0.3, 0.4) is 0 Å². The average Bonchev–Trinajstić information content (AvgIpc) is 2.76. The molecule has 0 aliphatic carbocycles. The third-order valence-electron chi connectivity index (χ3n) is 5.65. The van der Waals surface area contributed by atoms with Gasteiger partial charge in [-0.25, -0.2) is 4.79 Å². The van der Waals surface area contributed by atoms with Gasteiger partial charge in [0, 0.05) is 45.0 Å². The maximum atomic E-state index is 13.4. The van der Waals surface area contributed by atoms with Crippen molar-refractivity contribution in [2.75, 3.05) is 39.4 Å². The Morgan fingerprint density at radius 2 is 1.72 bits per heavy atom. The van der Waals surface area contributed by atoms with E-state index in [-0.39, 0.29) is 23.5 Å². The van der Waals surface area contributed by atoms with Gasteiger partial charge in [0.2, 0.25) is 5.91 Å². The van der Waals surface area contributed by atoms with Crippen LogP contribution in [0.4, 0.5) is 4.79 Å².